The highest BCUT2D eigenvalue weighted by Crippen LogP contribution is 2.10. The molecule has 0 radical (unpaired) electrons. The number of hydrogen-bond donors (Lipinski definition) is 2. The summed E-state index contributed by atoms with van der Waals surface area (Å²) in [6, 6.07) is 0. The van der Waals surface area contributed by atoms with Gasteiger partial charge >= 0.3 is 0 Å². The molecule has 0 bridgehead atoms. The Morgan fingerprint density at radius 2 is 1.80 bits per heavy atom. The van der Waals surface area contributed by atoms with Gasteiger partial charge in [-0.05, 0) is 44.7 Å². The summed E-state index contributed by atoms with van der Waals surface area (Å²) >= 11 is 0. The lowest BCUT2D eigenvalue weighted by molar-refractivity contribution is 0.201. The van der Waals surface area contributed by atoms with Crippen molar-refractivity contribution >= 4 is 5.96 Å². The van der Waals surface area contributed by atoms with Gasteiger partial charge in [0, 0.05) is 26.2 Å². The van der Waals surface area contributed by atoms with Gasteiger partial charge in [-0.2, -0.15) is 0 Å². The van der Waals surface area contributed by atoms with Gasteiger partial charge in [-0.1, -0.05) is 27.2 Å². The van der Waals surface area contributed by atoms with Crippen LogP contribution in [0.1, 0.15) is 47.0 Å². The summed E-state index contributed by atoms with van der Waals surface area (Å²) in [5, 5.41) is 6.80. The van der Waals surface area contributed by atoms with Crippen molar-refractivity contribution in [3.63, 3.8) is 0 Å². The maximum Gasteiger partial charge on any atom is 0.191 e. The number of piperidine rings is 1. The minimum absolute atomic E-state index is 0.608. The number of nitrogens with one attached hydrogen (secondary N) is 2. The van der Waals surface area contributed by atoms with E-state index in [0.717, 1.165) is 25.6 Å². The normalized spacial score (nSPS) is 19.1. The zero-order chi connectivity index (χ0) is 14.8. The molecule has 4 heteroatoms. The predicted octanol–water partition coefficient (Wildman–Crippen LogP) is 2.32. The first-order chi connectivity index (χ1) is 9.61. The number of likely N-dealkylation sites (tertiary alicyclic amines) is 1. The average Bonchev–Trinajstić information content (AvgIpc) is 2.43. The van der Waals surface area contributed by atoms with Crippen molar-refractivity contribution < 1.29 is 0 Å². The Balaban J connectivity index is 2.28. The van der Waals surface area contributed by atoms with Crippen LogP contribution in [0.2, 0.25) is 0 Å². The molecular weight excluding hydrogens is 248 g/mol. The van der Waals surface area contributed by atoms with Crippen LogP contribution in [0.25, 0.3) is 0 Å². The molecule has 20 heavy (non-hydrogen) atoms. The van der Waals surface area contributed by atoms with E-state index in [1.807, 2.05) is 0 Å². The van der Waals surface area contributed by atoms with E-state index in [4.69, 9.17) is 0 Å². The van der Waals surface area contributed by atoms with Crippen molar-refractivity contribution in [2.45, 2.75) is 47.0 Å². The smallest absolute Gasteiger partial charge is 0.191 e. The van der Waals surface area contributed by atoms with Gasteiger partial charge in [0.25, 0.3) is 0 Å². The Labute approximate surface area is 125 Å². The van der Waals surface area contributed by atoms with Gasteiger partial charge in [0.1, 0.15) is 0 Å². The van der Waals surface area contributed by atoms with Crippen molar-refractivity contribution in [1.29, 1.82) is 0 Å². The van der Waals surface area contributed by atoms with Gasteiger partial charge in [0.2, 0.25) is 0 Å². The first-order valence-electron chi connectivity index (χ1n) is 8.36. The molecule has 1 saturated heterocycles. The SMILES string of the molecule is CCNC(=NCC(C)C)NCC(C)CN1CCCCC1. The maximum atomic E-state index is 4.61. The Kier molecular flexibility index (Phi) is 8.67. The summed E-state index contributed by atoms with van der Waals surface area (Å²) in [5.41, 5.74) is 0. The van der Waals surface area contributed by atoms with Crippen molar-refractivity contribution in [2.75, 3.05) is 39.3 Å². The third-order valence-corrected chi connectivity index (χ3v) is 3.60. The lowest BCUT2D eigenvalue weighted by Crippen LogP contribution is -2.42. The molecule has 118 valence electrons. The molecule has 0 spiro atoms. The second kappa shape index (κ2) is 10.0. The third kappa shape index (κ3) is 7.73. The monoisotopic (exact) mass is 282 g/mol. The van der Waals surface area contributed by atoms with Crippen LogP contribution in [0.15, 0.2) is 4.99 Å². The summed E-state index contributed by atoms with van der Waals surface area (Å²) in [4.78, 5) is 7.22. The Bertz CT molecular complexity index is 270. The van der Waals surface area contributed by atoms with Crippen LogP contribution in [-0.2, 0) is 0 Å². The fourth-order valence-corrected chi connectivity index (χ4v) is 2.53. The number of aliphatic imine (C=N–C) groups is 1. The summed E-state index contributed by atoms with van der Waals surface area (Å²) in [6.45, 7) is 15.4. The summed E-state index contributed by atoms with van der Waals surface area (Å²) in [6.07, 6.45) is 4.16. The van der Waals surface area contributed by atoms with E-state index in [1.165, 1.54) is 38.9 Å². The largest absolute Gasteiger partial charge is 0.357 e. The minimum Gasteiger partial charge on any atom is -0.357 e. The first-order valence-corrected chi connectivity index (χ1v) is 8.36. The summed E-state index contributed by atoms with van der Waals surface area (Å²) in [7, 11) is 0. The third-order valence-electron chi connectivity index (χ3n) is 3.60. The van der Waals surface area contributed by atoms with Crippen molar-refractivity contribution in [1.82, 2.24) is 15.5 Å². The Morgan fingerprint density at radius 1 is 1.10 bits per heavy atom. The standard InChI is InChI=1S/C16H34N4/c1-5-17-16(18-11-14(2)3)19-12-15(4)13-20-9-7-6-8-10-20/h14-15H,5-13H2,1-4H3,(H2,17,18,19). The van der Waals surface area contributed by atoms with Crippen LogP contribution in [-0.4, -0.2) is 50.1 Å². The van der Waals surface area contributed by atoms with Crippen LogP contribution in [0.3, 0.4) is 0 Å². The van der Waals surface area contributed by atoms with Crippen LogP contribution in [0.4, 0.5) is 0 Å². The van der Waals surface area contributed by atoms with Crippen LogP contribution in [0, 0.1) is 11.8 Å². The molecule has 0 aromatic rings. The molecule has 1 aliphatic heterocycles. The molecule has 0 aliphatic carbocycles. The lowest BCUT2D eigenvalue weighted by Gasteiger charge is -2.29. The summed E-state index contributed by atoms with van der Waals surface area (Å²) in [5.74, 6) is 2.24. The predicted molar refractivity (Wildman–Crippen MR) is 88.3 cm³/mol. The summed E-state index contributed by atoms with van der Waals surface area (Å²) < 4.78 is 0. The Hall–Kier alpha value is -0.770. The molecule has 0 aromatic heterocycles. The lowest BCUT2D eigenvalue weighted by atomic mass is 10.1. The molecule has 2 N–H and O–H groups in total. The second-order valence-electron chi connectivity index (χ2n) is 6.46. The van der Waals surface area contributed by atoms with Crippen molar-refractivity contribution in [2.24, 2.45) is 16.8 Å². The van der Waals surface area contributed by atoms with Crippen LogP contribution < -0.4 is 10.6 Å². The van der Waals surface area contributed by atoms with Crippen LogP contribution >= 0.6 is 0 Å². The zero-order valence-corrected chi connectivity index (χ0v) is 13.9. The molecule has 1 rings (SSSR count). The molecule has 1 unspecified atom stereocenters. The highest BCUT2D eigenvalue weighted by Gasteiger charge is 2.13. The second-order valence-corrected chi connectivity index (χ2v) is 6.46. The average molecular weight is 282 g/mol. The maximum absolute atomic E-state index is 4.61. The highest BCUT2D eigenvalue weighted by molar-refractivity contribution is 5.79. The van der Waals surface area contributed by atoms with Gasteiger partial charge in [0.05, 0.1) is 0 Å². The molecule has 1 fully saturated rings. The van der Waals surface area contributed by atoms with Gasteiger partial charge in [0.15, 0.2) is 5.96 Å². The molecular formula is C16H34N4. The quantitative estimate of drug-likeness (QED) is 0.556. The van der Waals surface area contributed by atoms with E-state index in [-0.39, 0.29) is 0 Å². The number of hydrogen-bond acceptors (Lipinski definition) is 2. The molecule has 1 aliphatic rings. The first kappa shape index (κ1) is 17.3. The number of nitrogens with zero attached hydrogens (tertiary/aromatic N) is 2. The van der Waals surface area contributed by atoms with E-state index < -0.39 is 0 Å². The van der Waals surface area contributed by atoms with Gasteiger partial charge < -0.3 is 15.5 Å². The van der Waals surface area contributed by atoms with E-state index >= 15 is 0 Å². The number of guanidine groups is 1. The molecule has 1 heterocycles. The van der Waals surface area contributed by atoms with E-state index in [2.05, 4.69) is 48.2 Å². The molecule has 0 amide bonds. The van der Waals surface area contributed by atoms with Crippen LogP contribution in [0.5, 0.6) is 0 Å². The van der Waals surface area contributed by atoms with Crippen molar-refractivity contribution in [3.05, 3.63) is 0 Å². The van der Waals surface area contributed by atoms with Crippen molar-refractivity contribution in [3.8, 4) is 0 Å². The molecule has 1 atom stereocenters. The fraction of sp³-hybridized carbons (Fsp3) is 0.938. The van der Waals surface area contributed by atoms with Gasteiger partial charge in [-0.15, -0.1) is 0 Å². The molecule has 0 saturated carbocycles. The van der Waals surface area contributed by atoms with E-state index in [1.54, 1.807) is 0 Å². The van der Waals surface area contributed by atoms with E-state index in [9.17, 15) is 0 Å². The molecule has 4 nitrogen and oxygen atoms in total. The van der Waals surface area contributed by atoms with Gasteiger partial charge in [-0.25, -0.2) is 0 Å². The van der Waals surface area contributed by atoms with Gasteiger partial charge in [-0.3, -0.25) is 4.99 Å². The topological polar surface area (TPSA) is 39.7 Å². The fourth-order valence-electron chi connectivity index (χ4n) is 2.53. The number of rotatable bonds is 7. The zero-order valence-electron chi connectivity index (χ0n) is 13.9. The molecule has 0 aromatic carbocycles. The Morgan fingerprint density at radius 3 is 2.40 bits per heavy atom. The van der Waals surface area contributed by atoms with E-state index in [0.29, 0.717) is 11.8 Å². The minimum atomic E-state index is 0.608. The highest BCUT2D eigenvalue weighted by atomic mass is 15.2.